The molecule has 1 atom stereocenters. The van der Waals surface area contributed by atoms with Crippen LogP contribution in [0.15, 0.2) is 12.3 Å². The number of anilines is 1. The summed E-state index contributed by atoms with van der Waals surface area (Å²) >= 11 is 5.93. The molecule has 0 bridgehead atoms. The molecule has 1 aliphatic heterocycles. The Hall–Kier alpha value is -0.830. The van der Waals surface area contributed by atoms with Gasteiger partial charge in [0.05, 0.1) is 12.1 Å². The first-order valence-electron chi connectivity index (χ1n) is 7.37. The molecule has 2 heterocycles. The highest BCUT2D eigenvalue weighted by Gasteiger charge is 2.27. The van der Waals surface area contributed by atoms with Crippen LogP contribution in [0.3, 0.4) is 0 Å². The first-order chi connectivity index (χ1) is 9.41. The van der Waals surface area contributed by atoms with Gasteiger partial charge < -0.3 is 4.90 Å². The molecular formula is C16H24ClFN2. The molecule has 112 valence electrons. The van der Waals surface area contributed by atoms with Crippen molar-refractivity contribution in [3.63, 3.8) is 0 Å². The van der Waals surface area contributed by atoms with Crippen molar-refractivity contribution in [1.82, 2.24) is 4.98 Å². The summed E-state index contributed by atoms with van der Waals surface area (Å²) in [7, 11) is 0. The van der Waals surface area contributed by atoms with Crippen LogP contribution < -0.4 is 4.90 Å². The smallest absolute Gasteiger partial charge is 0.141 e. The van der Waals surface area contributed by atoms with Crippen molar-refractivity contribution in [1.29, 1.82) is 0 Å². The van der Waals surface area contributed by atoms with Gasteiger partial charge in [-0.05, 0) is 36.7 Å². The van der Waals surface area contributed by atoms with Crippen molar-refractivity contribution in [3.05, 3.63) is 23.6 Å². The van der Waals surface area contributed by atoms with Crippen molar-refractivity contribution in [2.24, 2.45) is 11.3 Å². The lowest BCUT2D eigenvalue weighted by Crippen LogP contribution is -2.27. The van der Waals surface area contributed by atoms with Crippen LogP contribution in [0, 0.1) is 17.2 Å². The summed E-state index contributed by atoms with van der Waals surface area (Å²) in [6.45, 7) is 8.90. The Kier molecular flexibility index (Phi) is 4.90. The minimum atomic E-state index is -0.313. The number of hydrogen-bond acceptors (Lipinski definition) is 2. The topological polar surface area (TPSA) is 16.1 Å². The zero-order chi connectivity index (χ0) is 14.8. The fraction of sp³-hybridized carbons (Fsp3) is 0.688. The van der Waals surface area contributed by atoms with Gasteiger partial charge in [-0.2, -0.15) is 0 Å². The third-order valence-electron chi connectivity index (χ3n) is 4.31. The van der Waals surface area contributed by atoms with E-state index in [-0.39, 0.29) is 5.82 Å². The molecule has 1 unspecified atom stereocenters. The molecule has 0 radical (unpaired) electrons. The van der Waals surface area contributed by atoms with Gasteiger partial charge in [-0.25, -0.2) is 9.37 Å². The van der Waals surface area contributed by atoms with Crippen molar-refractivity contribution < 1.29 is 4.39 Å². The SMILES string of the molecule is CC(C)(C)C1CCCN(c2ncc(F)cc2CCl)CC1. The van der Waals surface area contributed by atoms with Crippen molar-refractivity contribution >= 4 is 17.4 Å². The van der Waals surface area contributed by atoms with E-state index >= 15 is 0 Å². The zero-order valence-corrected chi connectivity index (χ0v) is 13.4. The van der Waals surface area contributed by atoms with Gasteiger partial charge >= 0.3 is 0 Å². The fourth-order valence-corrected chi connectivity index (χ4v) is 3.23. The third kappa shape index (κ3) is 3.63. The van der Waals surface area contributed by atoms with Gasteiger partial charge in [0.2, 0.25) is 0 Å². The summed E-state index contributed by atoms with van der Waals surface area (Å²) in [6, 6.07) is 1.50. The Morgan fingerprint density at radius 2 is 2.10 bits per heavy atom. The highest BCUT2D eigenvalue weighted by Crippen LogP contribution is 2.35. The highest BCUT2D eigenvalue weighted by molar-refractivity contribution is 6.17. The Morgan fingerprint density at radius 1 is 1.35 bits per heavy atom. The number of aromatic nitrogens is 1. The summed E-state index contributed by atoms with van der Waals surface area (Å²) in [5.41, 5.74) is 1.14. The molecule has 0 aliphatic carbocycles. The van der Waals surface area contributed by atoms with E-state index in [4.69, 9.17) is 11.6 Å². The number of rotatable bonds is 2. The monoisotopic (exact) mass is 298 g/mol. The van der Waals surface area contributed by atoms with Crippen LogP contribution in [0.5, 0.6) is 0 Å². The average molecular weight is 299 g/mol. The molecule has 0 spiro atoms. The van der Waals surface area contributed by atoms with Crippen molar-refractivity contribution in [2.45, 2.75) is 45.9 Å². The second kappa shape index (κ2) is 6.30. The van der Waals surface area contributed by atoms with Gasteiger partial charge in [-0.1, -0.05) is 20.8 Å². The normalized spacial score (nSPS) is 20.9. The minimum absolute atomic E-state index is 0.305. The summed E-state index contributed by atoms with van der Waals surface area (Å²) in [5.74, 6) is 1.58. The predicted octanol–water partition coefficient (Wildman–Crippen LogP) is 4.61. The molecule has 0 saturated carbocycles. The molecule has 0 aromatic carbocycles. The van der Waals surface area contributed by atoms with E-state index in [1.54, 1.807) is 0 Å². The second-order valence-electron chi connectivity index (χ2n) is 6.75. The molecule has 20 heavy (non-hydrogen) atoms. The number of hydrogen-bond donors (Lipinski definition) is 0. The lowest BCUT2D eigenvalue weighted by atomic mass is 9.77. The summed E-state index contributed by atoms with van der Waals surface area (Å²) < 4.78 is 13.3. The number of halogens is 2. The van der Waals surface area contributed by atoms with Gasteiger partial charge in [-0.3, -0.25) is 0 Å². The maximum atomic E-state index is 13.3. The number of nitrogens with zero attached hydrogens (tertiary/aromatic N) is 2. The number of alkyl halides is 1. The van der Waals surface area contributed by atoms with E-state index in [0.29, 0.717) is 11.3 Å². The van der Waals surface area contributed by atoms with E-state index in [1.165, 1.54) is 18.7 Å². The Bertz CT molecular complexity index is 456. The van der Waals surface area contributed by atoms with Gasteiger partial charge in [0.1, 0.15) is 11.6 Å². The lowest BCUT2D eigenvalue weighted by Gasteiger charge is -2.30. The van der Waals surface area contributed by atoms with Crippen LogP contribution >= 0.6 is 11.6 Å². The molecule has 2 rings (SSSR count). The van der Waals surface area contributed by atoms with Gasteiger partial charge in [0, 0.05) is 18.7 Å². The van der Waals surface area contributed by atoms with Gasteiger partial charge in [0.15, 0.2) is 0 Å². The fourth-order valence-electron chi connectivity index (χ4n) is 3.03. The number of pyridine rings is 1. The Morgan fingerprint density at radius 3 is 2.75 bits per heavy atom. The summed E-state index contributed by atoms with van der Waals surface area (Å²) in [6.07, 6.45) is 4.85. The van der Waals surface area contributed by atoms with Crippen molar-refractivity contribution in [2.75, 3.05) is 18.0 Å². The van der Waals surface area contributed by atoms with Crippen LogP contribution in [0.1, 0.15) is 45.6 Å². The maximum Gasteiger partial charge on any atom is 0.141 e. The summed E-state index contributed by atoms with van der Waals surface area (Å²) in [5, 5.41) is 0. The third-order valence-corrected chi connectivity index (χ3v) is 4.59. The Labute approximate surface area is 126 Å². The van der Waals surface area contributed by atoms with Crippen molar-refractivity contribution in [3.8, 4) is 0 Å². The van der Waals surface area contributed by atoms with Gasteiger partial charge in [0.25, 0.3) is 0 Å². The van der Waals surface area contributed by atoms with Crippen LogP contribution in [-0.2, 0) is 5.88 Å². The quantitative estimate of drug-likeness (QED) is 0.741. The van der Waals surface area contributed by atoms with Gasteiger partial charge in [-0.15, -0.1) is 11.6 Å². The van der Waals surface area contributed by atoms with E-state index in [0.717, 1.165) is 43.2 Å². The molecule has 1 fully saturated rings. The van der Waals surface area contributed by atoms with E-state index < -0.39 is 0 Å². The standard InChI is InChI=1S/C16H24ClFN2/c1-16(2,3)13-5-4-7-20(8-6-13)15-12(10-17)9-14(18)11-19-15/h9,11,13H,4-8,10H2,1-3H3. The Balaban J connectivity index is 2.15. The molecule has 0 amide bonds. The molecule has 2 nitrogen and oxygen atoms in total. The van der Waals surface area contributed by atoms with E-state index in [2.05, 4.69) is 30.7 Å². The zero-order valence-electron chi connectivity index (χ0n) is 12.6. The molecule has 1 aromatic heterocycles. The first kappa shape index (κ1) is 15.6. The second-order valence-corrected chi connectivity index (χ2v) is 7.02. The van der Waals surface area contributed by atoms with Crippen LogP contribution in [0.2, 0.25) is 0 Å². The summed E-state index contributed by atoms with van der Waals surface area (Å²) in [4.78, 5) is 6.53. The lowest BCUT2D eigenvalue weighted by molar-refractivity contribution is 0.220. The average Bonchev–Trinajstić information content (AvgIpc) is 2.63. The van der Waals surface area contributed by atoms with Crippen LogP contribution in [-0.4, -0.2) is 18.1 Å². The predicted molar refractivity (Wildman–Crippen MR) is 82.8 cm³/mol. The minimum Gasteiger partial charge on any atom is -0.356 e. The molecule has 4 heteroatoms. The molecule has 0 N–H and O–H groups in total. The molecular weight excluding hydrogens is 275 g/mol. The molecule has 1 saturated heterocycles. The molecule has 1 aromatic rings. The van der Waals surface area contributed by atoms with Crippen LogP contribution in [0.25, 0.3) is 0 Å². The highest BCUT2D eigenvalue weighted by atomic mass is 35.5. The van der Waals surface area contributed by atoms with E-state index in [9.17, 15) is 4.39 Å². The van der Waals surface area contributed by atoms with E-state index in [1.807, 2.05) is 0 Å². The molecule has 1 aliphatic rings. The van der Waals surface area contributed by atoms with Crippen LogP contribution in [0.4, 0.5) is 10.2 Å². The maximum absolute atomic E-state index is 13.3. The largest absolute Gasteiger partial charge is 0.356 e. The first-order valence-corrected chi connectivity index (χ1v) is 7.90.